The minimum atomic E-state index is -0.944. The molecule has 3 N–H and O–H groups in total. The third kappa shape index (κ3) is 3.81. The van der Waals surface area contributed by atoms with Gasteiger partial charge in [0.25, 0.3) is 5.91 Å². The number of hydrogen-bond acceptors (Lipinski definition) is 3. The average molecular weight is 319 g/mol. The lowest BCUT2D eigenvalue weighted by Gasteiger charge is -2.11. The molecular weight excluding hydrogens is 304 g/mol. The highest BCUT2D eigenvalue weighted by Gasteiger charge is 2.13. The summed E-state index contributed by atoms with van der Waals surface area (Å²) in [4.78, 5) is 11.8. The molecule has 0 saturated heterocycles. The van der Waals surface area contributed by atoms with E-state index in [2.05, 4.69) is 21.2 Å². The number of anilines is 1. The maximum absolute atomic E-state index is 11.8. The molecule has 6 heteroatoms. The van der Waals surface area contributed by atoms with E-state index in [9.17, 15) is 9.00 Å². The first-order valence-corrected chi connectivity index (χ1v) is 7.49. The minimum Gasteiger partial charge on any atom is -0.398 e. The topological polar surface area (TPSA) is 72.2 Å². The second kappa shape index (κ2) is 6.16. The van der Waals surface area contributed by atoms with E-state index in [1.807, 2.05) is 6.92 Å². The molecule has 1 aromatic carbocycles. The SMILES string of the molecule is CC(CNC(=O)c1cccc(N)c1Br)S(C)=O. The fourth-order valence-corrected chi connectivity index (χ4v) is 1.94. The molecule has 0 heterocycles. The zero-order valence-corrected chi connectivity index (χ0v) is 12.1. The lowest BCUT2D eigenvalue weighted by molar-refractivity contribution is 0.0953. The fraction of sp³-hybridized carbons (Fsp3) is 0.364. The van der Waals surface area contributed by atoms with Crippen molar-refractivity contribution in [2.75, 3.05) is 18.5 Å². The van der Waals surface area contributed by atoms with Gasteiger partial charge in [-0.05, 0) is 35.0 Å². The number of nitrogens with one attached hydrogen (secondary N) is 1. The van der Waals surface area contributed by atoms with Crippen LogP contribution in [0.3, 0.4) is 0 Å². The third-order valence-electron chi connectivity index (χ3n) is 2.39. The molecule has 4 nitrogen and oxygen atoms in total. The molecule has 0 aromatic heterocycles. The summed E-state index contributed by atoms with van der Waals surface area (Å²) in [5, 5.41) is 2.66. The maximum Gasteiger partial charge on any atom is 0.252 e. The Bertz CT molecular complexity index is 451. The van der Waals surface area contributed by atoms with Crippen LogP contribution in [-0.2, 0) is 10.8 Å². The van der Waals surface area contributed by atoms with E-state index in [-0.39, 0.29) is 11.2 Å². The van der Waals surface area contributed by atoms with Gasteiger partial charge >= 0.3 is 0 Å². The van der Waals surface area contributed by atoms with Gasteiger partial charge in [0.15, 0.2) is 0 Å². The molecule has 1 amide bonds. The van der Waals surface area contributed by atoms with Crippen molar-refractivity contribution in [3.63, 3.8) is 0 Å². The van der Waals surface area contributed by atoms with Crippen LogP contribution in [0.15, 0.2) is 22.7 Å². The Morgan fingerprint density at radius 3 is 2.82 bits per heavy atom. The highest BCUT2D eigenvalue weighted by Crippen LogP contribution is 2.23. The summed E-state index contributed by atoms with van der Waals surface area (Å²) in [6, 6.07) is 5.12. The Hall–Kier alpha value is -0.880. The highest BCUT2D eigenvalue weighted by atomic mass is 79.9. The first-order chi connectivity index (χ1) is 7.93. The Labute approximate surface area is 112 Å². The van der Waals surface area contributed by atoms with Crippen LogP contribution in [0.1, 0.15) is 17.3 Å². The van der Waals surface area contributed by atoms with Gasteiger partial charge in [0.2, 0.25) is 0 Å². The molecule has 0 aliphatic carbocycles. The average Bonchev–Trinajstić information content (AvgIpc) is 2.29. The van der Waals surface area contributed by atoms with Crippen molar-refractivity contribution in [3.8, 4) is 0 Å². The van der Waals surface area contributed by atoms with Gasteiger partial charge in [-0.1, -0.05) is 6.07 Å². The molecule has 0 radical (unpaired) electrons. The van der Waals surface area contributed by atoms with E-state index in [1.54, 1.807) is 24.5 Å². The zero-order valence-electron chi connectivity index (χ0n) is 9.70. The number of carbonyl (C=O) groups excluding carboxylic acids is 1. The number of halogens is 1. The number of amides is 1. The minimum absolute atomic E-state index is 0.0706. The number of nitrogen functional groups attached to an aromatic ring is 1. The summed E-state index contributed by atoms with van der Waals surface area (Å²) in [6.45, 7) is 2.20. The maximum atomic E-state index is 11.8. The normalized spacial score (nSPS) is 14.1. The molecule has 17 heavy (non-hydrogen) atoms. The predicted octanol–water partition coefficient (Wildman–Crippen LogP) is 1.53. The van der Waals surface area contributed by atoms with Gasteiger partial charge in [-0.25, -0.2) is 0 Å². The summed E-state index contributed by atoms with van der Waals surface area (Å²) < 4.78 is 11.7. The van der Waals surface area contributed by atoms with E-state index in [0.717, 1.165) is 0 Å². The number of rotatable bonds is 4. The molecule has 2 atom stereocenters. The van der Waals surface area contributed by atoms with Crippen LogP contribution >= 0.6 is 15.9 Å². The predicted molar refractivity (Wildman–Crippen MR) is 74.4 cm³/mol. The smallest absolute Gasteiger partial charge is 0.252 e. The molecule has 0 fully saturated rings. The van der Waals surface area contributed by atoms with Gasteiger partial charge in [-0.15, -0.1) is 0 Å². The molecule has 2 unspecified atom stereocenters. The Morgan fingerprint density at radius 2 is 2.24 bits per heavy atom. The highest BCUT2D eigenvalue weighted by molar-refractivity contribution is 9.10. The Balaban J connectivity index is 2.71. The number of carbonyl (C=O) groups is 1. The molecule has 1 rings (SSSR count). The molecule has 0 aliphatic rings. The molecule has 1 aromatic rings. The van der Waals surface area contributed by atoms with Crippen molar-refractivity contribution in [2.45, 2.75) is 12.2 Å². The lowest BCUT2D eigenvalue weighted by Crippen LogP contribution is -2.32. The van der Waals surface area contributed by atoms with Gasteiger partial charge < -0.3 is 11.1 Å². The van der Waals surface area contributed by atoms with Crippen LogP contribution in [0, 0.1) is 0 Å². The van der Waals surface area contributed by atoms with Crippen LogP contribution in [-0.4, -0.2) is 28.2 Å². The summed E-state index contributed by atoms with van der Waals surface area (Å²) in [6.07, 6.45) is 1.62. The van der Waals surface area contributed by atoms with Crippen molar-refractivity contribution < 1.29 is 9.00 Å². The van der Waals surface area contributed by atoms with Gasteiger partial charge in [0, 0.05) is 34.5 Å². The summed E-state index contributed by atoms with van der Waals surface area (Å²) in [5.74, 6) is -0.221. The van der Waals surface area contributed by atoms with Crippen molar-refractivity contribution in [1.29, 1.82) is 0 Å². The monoisotopic (exact) mass is 318 g/mol. The second-order valence-corrected chi connectivity index (χ2v) is 6.32. The first kappa shape index (κ1) is 14.2. The fourth-order valence-electron chi connectivity index (χ4n) is 1.17. The molecule has 94 valence electrons. The molecule has 0 aliphatic heterocycles. The van der Waals surface area contributed by atoms with Gasteiger partial charge in [-0.2, -0.15) is 0 Å². The van der Waals surface area contributed by atoms with Crippen molar-refractivity contribution in [3.05, 3.63) is 28.2 Å². The number of hydrogen-bond donors (Lipinski definition) is 2. The largest absolute Gasteiger partial charge is 0.398 e. The number of benzene rings is 1. The lowest BCUT2D eigenvalue weighted by atomic mass is 10.2. The van der Waals surface area contributed by atoms with Crippen LogP contribution < -0.4 is 11.1 Å². The van der Waals surface area contributed by atoms with Gasteiger partial charge in [0.05, 0.1) is 10.0 Å². The summed E-state index contributed by atoms with van der Waals surface area (Å²) >= 11 is 3.27. The zero-order chi connectivity index (χ0) is 13.0. The van der Waals surface area contributed by atoms with Crippen molar-refractivity contribution in [1.82, 2.24) is 5.32 Å². The first-order valence-electron chi connectivity index (χ1n) is 5.08. The second-order valence-electron chi connectivity index (χ2n) is 3.73. The van der Waals surface area contributed by atoms with Crippen LogP contribution in [0.5, 0.6) is 0 Å². The van der Waals surface area contributed by atoms with E-state index in [1.165, 1.54) is 0 Å². The van der Waals surface area contributed by atoms with Crippen LogP contribution in [0.2, 0.25) is 0 Å². The standard InChI is InChI=1S/C11H15BrN2O2S/c1-7(17(2)16)6-14-11(15)8-4-3-5-9(13)10(8)12/h3-5,7H,6,13H2,1-2H3,(H,14,15). The van der Waals surface area contributed by atoms with E-state index in [0.29, 0.717) is 22.3 Å². The molecule has 0 bridgehead atoms. The van der Waals surface area contributed by atoms with E-state index in [4.69, 9.17) is 5.73 Å². The van der Waals surface area contributed by atoms with Gasteiger partial charge in [0.1, 0.15) is 0 Å². The number of nitrogens with two attached hydrogens (primary N) is 1. The molecule has 0 spiro atoms. The molecule has 0 saturated carbocycles. The molecular formula is C11H15BrN2O2S. The Kier molecular flexibility index (Phi) is 5.14. The van der Waals surface area contributed by atoms with Gasteiger partial charge in [-0.3, -0.25) is 9.00 Å². The summed E-state index contributed by atoms with van der Waals surface area (Å²) in [5.41, 5.74) is 6.69. The van der Waals surface area contributed by atoms with Crippen LogP contribution in [0.4, 0.5) is 5.69 Å². The van der Waals surface area contributed by atoms with Crippen LogP contribution in [0.25, 0.3) is 0 Å². The van der Waals surface area contributed by atoms with E-state index < -0.39 is 10.8 Å². The quantitative estimate of drug-likeness (QED) is 0.827. The third-order valence-corrected chi connectivity index (χ3v) is 4.57. The Morgan fingerprint density at radius 1 is 1.59 bits per heavy atom. The summed E-state index contributed by atoms with van der Waals surface area (Å²) in [7, 11) is -0.944. The van der Waals surface area contributed by atoms with E-state index >= 15 is 0 Å². The van der Waals surface area contributed by atoms with Crippen molar-refractivity contribution >= 4 is 38.3 Å². The van der Waals surface area contributed by atoms with Crippen molar-refractivity contribution in [2.24, 2.45) is 0 Å².